The fourth-order valence-electron chi connectivity index (χ4n) is 2.22. The molecule has 3 rings (SSSR count). The molecule has 2 aromatic rings. The van der Waals surface area contributed by atoms with Crippen molar-refractivity contribution in [3.05, 3.63) is 34.4 Å². The fraction of sp³-hybridized carbons (Fsp3) is 0.417. The van der Waals surface area contributed by atoms with Gasteiger partial charge in [-0.15, -0.1) is 5.10 Å². The van der Waals surface area contributed by atoms with Crippen molar-refractivity contribution in [3.63, 3.8) is 0 Å². The Hall–Kier alpha value is -2.55. The molecule has 110 valence electrons. The van der Waals surface area contributed by atoms with E-state index in [1.165, 1.54) is 12.1 Å². The number of rotatable bonds is 3. The van der Waals surface area contributed by atoms with E-state index in [2.05, 4.69) is 31.1 Å². The summed E-state index contributed by atoms with van der Waals surface area (Å²) in [5.74, 6) is -0.147. The minimum absolute atomic E-state index is 0.224. The summed E-state index contributed by atoms with van der Waals surface area (Å²) in [5.41, 5.74) is -0.105. The van der Waals surface area contributed by atoms with Gasteiger partial charge < -0.3 is 10.6 Å². The van der Waals surface area contributed by atoms with Crippen LogP contribution >= 0.6 is 0 Å². The van der Waals surface area contributed by atoms with Gasteiger partial charge in [0.1, 0.15) is 0 Å². The first-order valence-electron chi connectivity index (χ1n) is 6.72. The van der Waals surface area contributed by atoms with E-state index in [9.17, 15) is 9.59 Å². The Morgan fingerprint density at radius 2 is 2.14 bits per heavy atom. The predicted molar refractivity (Wildman–Crippen MR) is 74.0 cm³/mol. The zero-order valence-corrected chi connectivity index (χ0v) is 11.2. The second kappa shape index (κ2) is 5.83. The van der Waals surface area contributed by atoms with Crippen molar-refractivity contribution < 1.29 is 4.79 Å². The maximum Gasteiger partial charge on any atom is 0.279 e. The van der Waals surface area contributed by atoms with Crippen molar-refractivity contribution in [2.75, 3.05) is 18.4 Å². The molecule has 1 amide bonds. The highest BCUT2D eigenvalue weighted by Gasteiger charge is 2.18. The van der Waals surface area contributed by atoms with Crippen LogP contribution in [0.3, 0.4) is 0 Å². The van der Waals surface area contributed by atoms with Crippen molar-refractivity contribution >= 4 is 11.7 Å². The number of amides is 1. The summed E-state index contributed by atoms with van der Waals surface area (Å²) in [6, 6.07) is 2.98. The monoisotopic (exact) mass is 289 g/mol. The van der Waals surface area contributed by atoms with Gasteiger partial charge in [-0.2, -0.15) is 5.10 Å². The fourth-order valence-corrected chi connectivity index (χ4v) is 2.22. The summed E-state index contributed by atoms with van der Waals surface area (Å²) in [4.78, 5) is 22.9. The summed E-state index contributed by atoms with van der Waals surface area (Å²) in [6.45, 7) is 1.88. The summed E-state index contributed by atoms with van der Waals surface area (Å²) < 4.78 is 1.73. The molecule has 0 atom stereocenters. The van der Waals surface area contributed by atoms with Gasteiger partial charge in [0.05, 0.1) is 12.2 Å². The third-order valence-electron chi connectivity index (χ3n) is 3.35. The molecule has 1 saturated heterocycles. The molecule has 3 heterocycles. The Balaban J connectivity index is 1.68. The second-order valence-corrected chi connectivity index (χ2v) is 4.83. The van der Waals surface area contributed by atoms with E-state index in [4.69, 9.17) is 0 Å². The molecular weight excluding hydrogens is 274 g/mol. The Kier molecular flexibility index (Phi) is 3.73. The van der Waals surface area contributed by atoms with Crippen LogP contribution in [-0.4, -0.2) is 44.2 Å². The first kappa shape index (κ1) is 13.4. The van der Waals surface area contributed by atoms with Gasteiger partial charge in [0, 0.05) is 6.07 Å². The molecule has 21 heavy (non-hydrogen) atoms. The molecule has 0 unspecified atom stereocenters. The Labute approximate surface area is 119 Å². The average Bonchev–Trinajstić information content (AvgIpc) is 3.00. The number of hydrogen-bond donors (Lipinski definition) is 3. The van der Waals surface area contributed by atoms with Crippen LogP contribution in [0.25, 0.3) is 0 Å². The number of carbonyl (C=O) groups is 1. The molecule has 0 aromatic carbocycles. The van der Waals surface area contributed by atoms with E-state index in [0.717, 1.165) is 25.9 Å². The number of nitrogens with one attached hydrogen (secondary N) is 3. The van der Waals surface area contributed by atoms with Gasteiger partial charge in [-0.1, -0.05) is 5.21 Å². The molecule has 0 aliphatic carbocycles. The number of H-pyrrole nitrogens is 1. The first-order chi connectivity index (χ1) is 10.2. The van der Waals surface area contributed by atoms with E-state index in [0.29, 0.717) is 0 Å². The summed E-state index contributed by atoms with van der Waals surface area (Å²) in [6.07, 6.45) is 3.56. The molecule has 2 aromatic heterocycles. The number of carbonyl (C=O) groups excluding carboxylic acids is 1. The number of aromatic nitrogens is 5. The van der Waals surface area contributed by atoms with Gasteiger partial charge in [0.15, 0.2) is 11.5 Å². The van der Waals surface area contributed by atoms with E-state index in [1.54, 1.807) is 10.9 Å². The molecule has 0 radical (unpaired) electrons. The highest BCUT2D eigenvalue weighted by atomic mass is 16.2. The number of anilines is 1. The van der Waals surface area contributed by atoms with Crippen molar-refractivity contribution in [1.82, 2.24) is 30.5 Å². The van der Waals surface area contributed by atoms with Gasteiger partial charge in [-0.05, 0) is 32.0 Å². The zero-order valence-electron chi connectivity index (χ0n) is 11.2. The van der Waals surface area contributed by atoms with Gasteiger partial charge in [0.2, 0.25) is 0 Å². The third kappa shape index (κ3) is 3.14. The summed E-state index contributed by atoms with van der Waals surface area (Å²) >= 11 is 0. The molecule has 9 nitrogen and oxygen atoms in total. The lowest BCUT2D eigenvalue weighted by atomic mass is 10.1. The Morgan fingerprint density at radius 1 is 1.33 bits per heavy atom. The molecular formula is C12H15N7O2. The van der Waals surface area contributed by atoms with Crippen molar-refractivity contribution in [3.8, 4) is 0 Å². The summed E-state index contributed by atoms with van der Waals surface area (Å²) in [5, 5.41) is 19.7. The van der Waals surface area contributed by atoms with Crippen molar-refractivity contribution in [2.45, 2.75) is 18.9 Å². The smallest absolute Gasteiger partial charge is 0.279 e. The zero-order chi connectivity index (χ0) is 14.7. The van der Waals surface area contributed by atoms with E-state index >= 15 is 0 Å². The van der Waals surface area contributed by atoms with Gasteiger partial charge in [-0.3, -0.25) is 9.59 Å². The lowest BCUT2D eigenvalue weighted by Crippen LogP contribution is -2.29. The van der Waals surface area contributed by atoms with Crippen LogP contribution < -0.4 is 16.2 Å². The molecule has 1 aliphatic rings. The molecule has 0 saturated carbocycles. The normalized spacial score (nSPS) is 15.8. The van der Waals surface area contributed by atoms with Crippen LogP contribution in [0.2, 0.25) is 0 Å². The maximum absolute atomic E-state index is 12.0. The Morgan fingerprint density at radius 3 is 2.86 bits per heavy atom. The molecule has 1 fully saturated rings. The number of aromatic amines is 1. The van der Waals surface area contributed by atoms with Crippen molar-refractivity contribution in [2.24, 2.45) is 0 Å². The topological polar surface area (TPSA) is 118 Å². The van der Waals surface area contributed by atoms with Crippen LogP contribution in [0.1, 0.15) is 29.4 Å². The quantitative estimate of drug-likeness (QED) is 0.703. The number of hydrogen-bond acceptors (Lipinski definition) is 6. The van der Waals surface area contributed by atoms with Crippen LogP contribution in [0.15, 0.2) is 23.1 Å². The lowest BCUT2D eigenvalue weighted by Gasteiger charge is -2.22. The largest absolute Gasteiger partial charge is 0.317 e. The standard InChI is InChI=1S/C12H15N7O2/c20-11-2-1-10(16-17-11)14-12(21)9-7-19(18-15-9)8-3-5-13-6-4-8/h1-2,7-8,13H,3-6H2,(H,17,20)(H,14,16,21). The van der Waals surface area contributed by atoms with Gasteiger partial charge in [-0.25, -0.2) is 9.78 Å². The SMILES string of the molecule is O=C(Nc1ccc(=O)[nH]n1)c1cn(C2CCNCC2)nn1. The van der Waals surface area contributed by atoms with E-state index in [-0.39, 0.29) is 23.1 Å². The third-order valence-corrected chi connectivity index (χ3v) is 3.35. The van der Waals surface area contributed by atoms with Crippen LogP contribution in [-0.2, 0) is 0 Å². The Bertz CT molecular complexity index is 666. The van der Waals surface area contributed by atoms with E-state index < -0.39 is 5.91 Å². The molecule has 0 bridgehead atoms. The minimum atomic E-state index is -0.408. The molecule has 0 spiro atoms. The average molecular weight is 289 g/mol. The molecule has 3 N–H and O–H groups in total. The molecule has 9 heteroatoms. The first-order valence-corrected chi connectivity index (χ1v) is 6.72. The van der Waals surface area contributed by atoms with Crippen LogP contribution in [0.4, 0.5) is 5.82 Å². The van der Waals surface area contributed by atoms with Gasteiger partial charge >= 0.3 is 0 Å². The highest BCUT2D eigenvalue weighted by Crippen LogP contribution is 2.17. The van der Waals surface area contributed by atoms with Crippen LogP contribution in [0, 0.1) is 0 Å². The second-order valence-electron chi connectivity index (χ2n) is 4.83. The predicted octanol–water partition coefficient (Wildman–Crippen LogP) is -0.462. The maximum atomic E-state index is 12.0. The summed E-state index contributed by atoms with van der Waals surface area (Å²) in [7, 11) is 0. The lowest BCUT2D eigenvalue weighted by molar-refractivity contribution is 0.102. The van der Waals surface area contributed by atoms with E-state index in [1.807, 2.05) is 0 Å². The highest BCUT2D eigenvalue weighted by molar-refractivity contribution is 6.01. The van der Waals surface area contributed by atoms with Crippen molar-refractivity contribution in [1.29, 1.82) is 0 Å². The number of piperidine rings is 1. The minimum Gasteiger partial charge on any atom is -0.317 e. The number of nitrogens with zero attached hydrogens (tertiary/aromatic N) is 4. The van der Waals surface area contributed by atoms with Crippen LogP contribution in [0.5, 0.6) is 0 Å². The van der Waals surface area contributed by atoms with Gasteiger partial charge in [0.25, 0.3) is 11.5 Å². The molecule has 1 aliphatic heterocycles.